The highest BCUT2D eigenvalue weighted by Crippen LogP contribution is 2.56. The van der Waals surface area contributed by atoms with E-state index in [1.54, 1.807) is 22.8 Å². The first kappa shape index (κ1) is 83.0. The van der Waals surface area contributed by atoms with Crippen molar-refractivity contribution in [2.45, 2.75) is 267 Å². The molecule has 10 fully saturated rings. The van der Waals surface area contributed by atoms with Gasteiger partial charge in [0.05, 0.1) is 6.57 Å². The molecule has 19 heteroatoms. The van der Waals surface area contributed by atoms with Crippen LogP contribution in [0.15, 0.2) is 91.0 Å². The lowest BCUT2D eigenvalue weighted by Crippen LogP contribution is -2.58. The number of fused-ring (bicyclic) bond motifs is 20. The van der Waals surface area contributed by atoms with Gasteiger partial charge in [-0.25, -0.2) is 4.85 Å². The Hall–Kier alpha value is -6.08. The molecule has 5 aliphatic heterocycles. The molecule has 5 heterocycles. The molecular weight excluding hydrogens is 1450 g/mol. The van der Waals surface area contributed by atoms with Crippen LogP contribution in [0, 0.1) is 65.8 Å². The van der Waals surface area contributed by atoms with E-state index in [2.05, 4.69) is 169 Å². The zero-order valence-electron chi connectivity index (χ0n) is 70.0. The molecule has 0 amide bonds. The predicted octanol–water partition coefficient (Wildman–Crippen LogP) is 16.9. The number of carbonyl (C=O) groups is 1. The van der Waals surface area contributed by atoms with Crippen LogP contribution in [0.5, 0.6) is 11.5 Å². The molecule has 0 spiro atoms. The highest BCUT2D eigenvalue weighted by Gasteiger charge is 2.56. The minimum atomic E-state index is -5.66. The van der Waals surface area contributed by atoms with Gasteiger partial charge in [0.25, 0.3) is 6.47 Å². The Kier molecular flexibility index (Phi) is 23.7. The molecule has 7 N–H and O–H groups in total. The fourth-order valence-electron chi connectivity index (χ4n) is 23.5. The van der Waals surface area contributed by atoms with Crippen molar-refractivity contribution in [3.8, 4) is 11.5 Å². The molecule has 10 aliphatic carbocycles. The summed E-state index contributed by atoms with van der Waals surface area (Å²) in [5.74, 6) is 8.67. The molecule has 114 heavy (non-hydrogen) atoms. The molecular formula is C95H132F3N9O6S. The van der Waals surface area contributed by atoms with Crippen LogP contribution in [-0.4, -0.2) is 152 Å². The van der Waals surface area contributed by atoms with Crippen LogP contribution >= 0.6 is 0 Å². The number of rotatable bonds is 15. The number of nitrogens with two attached hydrogens (primary N) is 3. The van der Waals surface area contributed by atoms with Crippen molar-refractivity contribution in [2.24, 2.45) is 70.6 Å². The number of benzene rings is 5. The van der Waals surface area contributed by atoms with Gasteiger partial charge < -0.3 is 25.5 Å². The lowest BCUT2D eigenvalue weighted by atomic mass is 9.59. The van der Waals surface area contributed by atoms with Crippen molar-refractivity contribution >= 4 is 28.0 Å². The Balaban J connectivity index is 0.000000112. The SMILES string of the molecule is C[C@H]1C2Cc3ccc(CN)cc3[C@@]1(C)CCN2CC1CC1.C[C@H]1C2Cc3ccc(N)cc3[C@@]1(C)CCN2CC1CC1.C[C@H]1C2Cc3ccc(OCN)cc3[C@@]1(C)CCN2CC1CC1.C[C@H]1C2Cc3ccc(OS(=O)(=O)C(F)(F)F)cc3[C@@]1(C)CCN2CC1CC1.O=CO.[C-]#[N+]c1ccc2c(c1)[C@@]1(C)CCN(CC3CC3)C(C2)[C@@H]1C. The average Bonchev–Trinajstić information content (AvgIpc) is 0.952. The van der Waals surface area contributed by atoms with Crippen LogP contribution in [0.3, 0.4) is 0 Å². The first-order valence-electron chi connectivity index (χ1n) is 44.0. The standard InChI is InChI=1S/C19H24F3NO3S.C19H28N2O.C19H24N2.C19H28N2.C18H26N2.CH2O2/c1-12-17-9-14-5-6-15(26-27(24,25)19(20,21)22)10-16(14)18(12,2)7-8-23(17)11-13-3-4-13;1-13-18-9-15-5-6-16(22-12-20)10-17(15)19(13,2)7-8-21(18)11-14-3-4-14;1-13-18-10-15-6-7-16(20-3)11-17(15)19(13,2)8-9-21(18)12-14-4-5-14;1-13-18-10-16-6-5-15(11-20)9-17(16)19(13,2)7-8-21(18)12-14-3-4-14;1-12-17-9-14-5-6-15(19)10-16(14)18(12,2)7-8-20(17)11-13-3-4-13;2-1-3/h5-6,10,12-13,17H,3-4,7-9,11H2,1-2H3;5-6,10,13-14,18H,3-4,7-9,11-12,20H2,1-2H3;6-7,11,13-14,18H,4-5,8-10,12H2,1-2H3;5-6,9,13-14,18H,3-4,7-8,10-12,20H2,1-2H3;5-6,10,12-13,17H,3-4,7-9,11,19H2,1-2H3;1H,(H,2,3)/t12-,17?,18-;3*13-,18?,19-;12-,17?,18-;/m00000./s1. The van der Waals surface area contributed by atoms with Gasteiger partial charge in [-0.3, -0.25) is 35.0 Å². The molecule has 620 valence electrons. The number of nitrogen functional groups attached to an aromatic ring is 1. The summed E-state index contributed by atoms with van der Waals surface area (Å²) in [4.78, 5) is 25.7. The number of nitrogens with zero attached hydrogens (tertiary/aromatic N) is 6. The molecule has 5 aromatic rings. The molecule has 5 aromatic carbocycles. The number of piperidine rings is 5. The van der Waals surface area contributed by atoms with Crippen molar-refractivity contribution in [2.75, 3.05) is 77.9 Å². The molecule has 5 unspecified atom stereocenters. The largest absolute Gasteiger partial charge is 0.534 e. The Labute approximate surface area is 679 Å². The second-order valence-electron chi connectivity index (χ2n) is 39.4. The lowest BCUT2D eigenvalue weighted by Gasteiger charge is -2.55. The van der Waals surface area contributed by atoms with Crippen LogP contribution in [-0.2, 0) is 80.6 Å². The van der Waals surface area contributed by atoms with Crippen LogP contribution in [0.2, 0.25) is 0 Å². The van der Waals surface area contributed by atoms with E-state index >= 15 is 0 Å². The van der Waals surface area contributed by atoms with E-state index in [1.807, 2.05) is 6.07 Å². The van der Waals surface area contributed by atoms with E-state index in [0.29, 0.717) is 53.3 Å². The van der Waals surface area contributed by atoms with Gasteiger partial charge in [0.15, 0.2) is 5.69 Å². The summed E-state index contributed by atoms with van der Waals surface area (Å²) in [6.07, 6.45) is 25.9. The van der Waals surface area contributed by atoms with E-state index in [0.717, 1.165) is 108 Å². The predicted molar refractivity (Wildman–Crippen MR) is 449 cm³/mol. The van der Waals surface area contributed by atoms with Crippen molar-refractivity contribution in [1.82, 2.24) is 24.5 Å². The van der Waals surface area contributed by atoms with E-state index in [1.165, 1.54) is 213 Å². The number of ether oxygens (including phenoxy) is 1. The number of likely N-dealkylation sites (tertiary alicyclic amines) is 5. The maximum absolute atomic E-state index is 12.6. The summed E-state index contributed by atoms with van der Waals surface area (Å²) in [7, 11) is -5.66. The molecule has 5 saturated heterocycles. The highest BCUT2D eigenvalue weighted by atomic mass is 32.2. The zero-order chi connectivity index (χ0) is 80.8. The summed E-state index contributed by atoms with van der Waals surface area (Å²) in [6, 6.07) is 34.5. The smallest absolute Gasteiger partial charge is 0.483 e. The number of anilines is 1. The minimum absolute atomic E-state index is 0.195. The van der Waals surface area contributed by atoms with Gasteiger partial charge in [-0.05, 0) is 345 Å². The molecule has 15 aliphatic rings. The van der Waals surface area contributed by atoms with Gasteiger partial charge in [-0.2, -0.15) is 21.6 Å². The molecule has 0 radical (unpaired) electrons. The van der Waals surface area contributed by atoms with E-state index in [9.17, 15) is 21.6 Å². The Morgan fingerprint density at radius 2 is 0.754 bits per heavy atom. The second kappa shape index (κ2) is 32.6. The lowest BCUT2D eigenvalue weighted by molar-refractivity contribution is -0.122. The summed E-state index contributed by atoms with van der Waals surface area (Å²) < 4.78 is 70.5. The van der Waals surface area contributed by atoms with Gasteiger partial charge in [0, 0.05) is 75.2 Å². The molecule has 0 aromatic heterocycles. The topological polar surface area (TPSA) is 189 Å². The van der Waals surface area contributed by atoms with Crippen molar-refractivity contribution in [3.05, 3.63) is 164 Å². The third-order valence-electron chi connectivity index (χ3n) is 32.7. The summed E-state index contributed by atoms with van der Waals surface area (Å²) in [6.45, 7) is 44.5. The van der Waals surface area contributed by atoms with Gasteiger partial charge in [0.1, 0.15) is 18.2 Å². The third-order valence-corrected chi connectivity index (χ3v) is 33.7. The number of hydrogen-bond donors (Lipinski definition) is 4. The zero-order valence-corrected chi connectivity index (χ0v) is 70.8. The number of halogens is 3. The quantitative estimate of drug-likeness (QED) is 0.0193. The second-order valence-corrected chi connectivity index (χ2v) is 41.0. The monoisotopic (exact) mass is 1580 g/mol. The maximum atomic E-state index is 12.6. The van der Waals surface area contributed by atoms with Gasteiger partial charge in [0.2, 0.25) is 0 Å². The van der Waals surface area contributed by atoms with E-state index in [4.69, 9.17) is 38.4 Å². The minimum Gasteiger partial charge on any atom is -0.483 e. The van der Waals surface area contributed by atoms with Crippen LogP contribution in [0.25, 0.3) is 4.85 Å². The van der Waals surface area contributed by atoms with Crippen LogP contribution < -0.4 is 26.1 Å². The molecule has 5 saturated carbocycles. The molecule has 10 bridgehead atoms. The highest BCUT2D eigenvalue weighted by molar-refractivity contribution is 7.88. The fraction of sp³-hybridized carbons (Fsp3) is 0.663. The summed E-state index contributed by atoms with van der Waals surface area (Å²) >= 11 is 0. The number of carboxylic acid groups (broad SMARTS) is 1. The Bertz CT molecular complexity index is 4460. The Morgan fingerprint density at radius 3 is 1.07 bits per heavy atom. The first-order valence-corrected chi connectivity index (χ1v) is 45.4. The summed E-state index contributed by atoms with van der Waals surface area (Å²) in [5.41, 5.74) is 30.3. The van der Waals surface area contributed by atoms with Gasteiger partial charge in [-0.15, -0.1) is 0 Å². The molecule has 15 atom stereocenters. The van der Waals surface area contributed by atoms with Crippen LogP contribution in [0.4, 0.5) is 24.5 Å². The average molecular weight is 1590 g/mol. The number of hydrogen-bond acceptors (Lipinski definition) is 13. The summed E-state index contributed by atoms with van der Waals surface area (Å²) in [5, 5.41) is 6.89. The van der Waals surface area contributed by atoms with Crippen LogP contribution in [0.1, 0.15) is 227 Å². The van der Waals surface area contributed by atoms with Gasteiger partial charge in [-0.1, -0.05) is 124 Å². The number of alkyl halides is 3. The van der Waals surface area contributed by atoms with Crippen molar-refractivity contribution in [3.63, 3.8) is 0 Å². The first-order chi connectivity index (χ1) is 54.3. The normalized spacial score (nSPS) is 33.6. The third kappa shape index (κ3) is 16.6. The fourth-order valence-corrected chi connectivity index (χ4v) is 23.9. The van der Waals surface area contributed by atoms with E-state index in [-0.39, 0.29) is 35.2 Å². The molecule has 15 nitrogen and oxygen atoms in total. The molecule has 20 rings (SSSR count). The maximum Gasteiger partial charge on any atom is 0.534 e. The van der Waals surface area contributed by atoms with E-state index < -0.39 is 15.6 Å². The van der Waals surface area contributed by atoms with Crippen molar-refractivity contribution in [1.29, 1.82) is 0 Å². The Morgan fingerprint density at radius 1 is 0.465 bits per heavy atom. The van der Waals surface area contributed by atoms with Gasteiger partial charge >= 0.3 is 15.6 Å². The van der Waals surface area contributed by atoms with Crippen molar-refractivity contribution < 1.29 is 40.4 Å².